The maximum absolute atomic E-state index is 10.1. The van der Waals surface area contributed by atoms with Crippen LogP contribution in [0.5, 0.6) is 0 Å². The first-order chi connectivity index (χ1) is 3.81. The molecule has 0 saturated carbocycles. The fourth-order valence-corrected chi connectivity index (χ4v) is 0.224. The molecule has 0 aliphatic carbocycles. The second-order valence-corrected chi connectivity index (χ2v) is 0.973. The zero-order valence-electron chi connectivity index (χ0n) is 4.88. The lowest BCUT2D eigenvalue weighted by Crippen LogP contribution is -2.15. The largest absolute Gasteiger partial charge is 0.456 e. The fourth-order valence-electron chi connectivity index (χ4n) is 0.224. The minimum atomic E-state index is -0.685. The van der Waals surface area contributed by atoms with Gasteiger partial charge in [0.25, 0.3) is 0 Å². The van der Waals surface area contributed by atoms with E-state index in [1.165, 1.54) is 7.11 Å². The van der Waals surface area contributed by atoms with Gasteiger partial charge in [-0.2, -0.15) is 0 Å². The number of carbonyl (C=O) groups excluding carboxylic acids is 1. The summed E-state index contributed by atoms with van der Waals surface area (Å²) in [6.45, 7) is 2.02. The topological polar surface area (TPSA) is 49.6 Å². The number of rotatable bonds is 2. The molecule has 47 valence electrons. The summed E-state index contributed by atoms with van der Waals surface area (Å²) >= 11 is 0. The summed E-state index contributed by atoms with van der Waals surface area (Å²) < 4.78 is 4.35. The third kappa shape index (κ3) is 3.42. The van der Waals surface area contributed by atoms with Crippen LogP contribution in [0.2, 0.25) is 0 Å². The van der Waals surface area contributed by atoms with Crippen molar-refractivity contribution in [3.05, 3.63) is 0 Å². The highest BCUT2D eigenvalue weighted by Gasteiger charge is 1.97. The first-order valence-electron chi connectivity index (χ1n) is 2.22. The Hall–Kier alpha value is -0.770. The van der Waals surface area contributed by atoms with Crippen molar-refractivity contribution in [2.45, 2.75) is 6.92 Å². The Morgan fingerprint density at radius 2 is 2.38 bits per heavy atom. The summed E-state index contributed by atoms with van der Waals surface area (Å²) in [7, 11) is 1.29. The maximum Gasteiger partial charge on any atom is 0.456 e. The van der Waals surface area contributed by atoms with Crippen LogP contribution in [-0.4, -0.2) is 19.8 Å². The minimum absolute atomic E-state index is 0.325. The molecule has 0 N–H and O–H groups in total. The van der Waals surface area contributed by atoms with E-state index in [2.05, 4.69) is 15.1 Å². The molecule has 0 bridgehead atoms. The molecule has 4 nitrogen and oxygen atoms in total. The average Bonchev–Trinajstić information content (AvgIpc) is 1.68. The van der Waals surface area contributed by atoms with Crippen molar-refractivity contribution < 1.29 is 14.4 Å². The molecule has 4 heteroatoms. The van der Waals surface area contributed by atoms with E-state index >= 15 is 0 Å². The summed E-state index contributed by atoms with van der Waals surface area (Å²) in [6, 6.07) is 0. The Balaban J connectivity index is 3.06. The van der Waals surface area contributed by atoms with E-state index in [1.807, 2.05) is 0 Å². The number of hydrogen-bond donors (Lipinski definition) is 0. The third-order valence-corrected chi connectivity index (χ3v) is 0.434. The molecule has 1 amide bonds. The number of hydrogen-bond acceptors (Lipinski definition) is 3. The van der Waals surface area contributed by atoms with Crippen LogP contribution in [0.15, 0.2) is 0 Å². The molecule has 0 saturated heterocycles. The lowest BCUT2D eigenvalue weighted by atomic mass is 10.9. The Kier molecular flexibility index (Phi) is 3.97. The normalized spacial score (nSPS) is 8.25. The summed E-state index contributed by atoms with van der Waals surface area (Å²) in [5.41, 5.74) is 2.95. The van der Waals surface area contributed by atoms with E-state index in [0.717, 1.165) is 0 Å². The van der Waals surface area contributed by atoms with Crippen LogP contribution in [0.3, 0.4) is 0 Å². The summed E-state index contributed by atoms with van der Waals surface area (Å²) in [4.78, 5) is 14.2. The summed E-state index contributed by atoms with van der Waals surface area (Å²) in [5, 5.41) is 0. The number of nitrogens with zero attached hydrogens (tertiary/aromatic N) is 1. The molecule has 0 unspecified atom stereocenters. The predicted octanol–water partition coefficient (Wildman–Crippen LogP) is 0.309. The van der Waals surface area contributed by atoms with E-state index in [0.29, 0.717) is 6.61 Å². The molecule has 0 spiro atoms. The van der Waals surface area contributed by atoms with Crippen LogP contribution in [0.1, 0.15) is 6.92 Å². The standard InChI is InChI=1S/C4H8NO3/c1-3-8-4(6)5-7-2/h3H2,1-2H3. The highest BCUT2D eigenvalue weighted by molar-refractivity contribution is 5.65. The van der Waals surface area contributed by atoms with Crippen LogP contribution in [-0.2, 0) is 9.57 Å². The van der Waals surface area contributed by atoms with Crippen molar-refractivity contribution in [3.63, 3.8) is 0 Å². The van der Waals surface area contributed by atoms with Crippen LogP contribution < -0.4 is 5.48 Å². The maximum atomic E-state index is 10.1. The summed E-state index contributed by atoms with van der Waals surface area (Å²) in [5.74, 6) is 0. The van der Waals surface area contributed by atoms with Crippen LogP contribution >= 0.6 is 0 Å². The van der Waals surface area contributed by atoms with Gasteiger partial charge in [0.2, 0.25) is 0 Å². The first-order valence-corrected chi connectivity index (χ1v) is 2.22. The molecule has 0 atom stereocenters. The zero-order valence-corrected chi connectivity index (χ0v) is 4.88. The number of amides is 1. The van der Waals surface area contributed by atoms with Crippen molar-refractivity contribution in [2.24, 2.45) is 0 Å². The molecule has 0 aromatic carbocycles. The summed E-state index contributed by atoms with van der Waals surface area (Å²) in [6.07, 6.45) is -0.685. The van der Waals surface area contributed by atoms with Gasteiger partial charge in [0.1, 0.15) is 0 Å². The van der Waals surface area contributed by atoms with Gasteiger partial charge in [-0.1, -0.05) is 5.48 Å². The Labute approximate surface area is 47.7 Å². The number of ether oxygens (including phenoxy) is 1. The number of carbonyl (C=O) groups is 1. The second kappa shape index (κ2) is 4.39. The molecule has 0 aliphatic rings. The van der Waals surface area contributed by atoms with Gasteiger partial charge in [-0.15, -0.1) is 0 Å². The lowest BCUT2D eigenvalue weighted by Gasteiger charge is -1.95. The molecular formula is C4H8NO3. The van der Waals surface area contributed by atoms with Gasteiger partial charge in [-0.25, -0.2) is 9.63 Å². The van der Waals surface area contributed by atoms with Crippen LogP contribution in [0, 0.1) is 0 Å². The first kappa shape index (κ1) is 7.23. The molecule has 0 aliphatic heterocycles. The van der Waals surface area contributed by atoms with Gasteiger partial charge in [0.05, 0.1) is 13.7 Å². The van der Waals surface area contributed by atoms with Gasteiger partial charge < -0.3 is 4.74 Å². The van der Waals surface area contributed by atoms with Crippen molar-refractivity contribution in [3.8, 4) is 0 Å². The van der Waals surface area contributed by atoms with Crippen molar-refractivity contribution in [1.82, 2.24) is 5.48 Å². The van der Waals surface area contributed by atoms with Crippen molar-refractivity contribution in [2.75, 3.05) is 13.7 Å². The predicted molar refractivity (Wildman–Crippen MR) is 26.2 cm³/mol. The molecule has 0 aromatic heterocycles. The Bertz CT molecular complexity index is 65.7. The van der Waals surface area contributed by atoms with Gasteiger partial charge in [0.15, 0.2) is 0 Å². The van der Waals surface area contributed by atoms with E-state index in [-0.39, 0.29) is 0 Å². The fraction of sp³-hybridized carbons (Fsp3) is 0.750. The van der Waals surface area contributed by atoms with E-state index < -0.39 is 6.09 Å². The van der Waals surface area contributed by atoms with Gasteiger partial charge >= 0.3 is 6.09 Å². The third-order valence-electron chi connectivity index (χ3n) is 0.434. The van der Waals surface area contributed by atoms with Crippen molar-refractivity contribution in [1.29, 1.82) is 0 Å². The quantitative estimate of drug-likeness (QED) is 0.490. The molecule has 8 heavy (non-hydrogen) atoms. The van der Waals surface area contributed by atoms with E-state index in [1.54, 1.807) is 6.92 Å². The van der Waals surface area contributed by atoms with Gasteiger partial charge in [-0.05, 0) is 6.92 Å². The molecule has 0 fully saturated rings. The molecule has 0 heterocycles. The van der Waals surface area contributed by atoms with E-state index in [4.69, 9.17) is 0 Å². The molecule has 1 radical (unpaired) electrons. The highest BCUT2D eigenvalue weighted by Crippen LogP contribution is 1.75. The lowest BCUT2D eigenvalue weighted by molar-refractivity contribution is 0.0553. The highest BCUT2D eigenvalue weighted by atomic mass is 16.7. The minimum Gasteiger partial charge on any atom is -0.447 e. The average molecular weight is 118 g/mol. The van der Waals surface area contributed by atoms with Crippen LogP contribution in [0.25, 0.3) is 0 Å². The van der Waals surface area contributed by atoms with Crippen molar-refractivity contribution >= 4 is 6.09 Å². The Morgan fingerprint density at radius 3 is 2.75 bits per heavy atom. The molecular weight excluding hydrogens is 110 g/mol. The second-order valence-electron chi connectivity index (χ2n) is 0.973. The van der Waals surface area contributed by atoms with Gasteiger partial charge in [0, 0.05) is 0 Å². The molecule has 0 aromatic rings. The molecule has 0 rings (SSSR count). The zero-order chi connectivity index (χ0) is 6.41. The monoisotopic (exact) mass is 118 g/mol. The SMILES string of the molecule is CCOC(=O)[N]OC. The van der Waals surface area contributed by atoms with Gasteiger partial charge in [-0.3, -0.25) is 0 Å². The van der Waals surface area contributed by atoms with Crippen LogP contribution in [0.4, 0.5) is 4.79 Å². The Morgan fingerprint density at radius 1 is 1.75 bits per heavy atom. The van der Waals surface area contributed by atoms with E-state index in [9.17, 15) is 4.79 Å². The smallest absolute Gasteiger partial charge is 0.447 e. The number of hydroxylamine groups is 1.